The normalized spacial score (nSPS) is 11.3. The van der Waals surface area contributed by atoms with Crippen molar-refractivity contribution >= 4 is 62.7 Å². The molecule has 0 spiro atoms. The predicted octanol–water partition coefficient (Wildman–Crippen LogP) is 8.32. The number of aliphatic hydroxyl groups excluding tert-OH is 1. The number of halogens is 7. The van der Waals surface area contributed by atoms with Crippen LogP contribution in [0.5, 0.6) is 0 Å². The number of carbonyl (C=O) groups excluding carboxylic acids is 2. The van der Waals surface area contributed by atoms with Gasteiger partial charge in [-0.05, 0) is 53.7 Å². The van der Waals surface area contributed by atoms with E-state index >= 15 is 0 Å². The number of nitrogens with one attached hydrogen (secondary N) is 2. The van der Waals surface area contributed by atoms with Crippen LogP contribution in [0.15, 0.2) is 12.1 Å². The summed E-state index contributed by atoms with van der Waals surface area (Å²) < 4.78 is 64.1. The second-order valence-corrected chi connectivity index (χ2v) is 10.9. The Morgan fingerprint density at radius 3 is 1.45 bits per heavy atom. The molecule has 212 valence electrons. The van der Waals surface area contributed by atoms with Crippen molar-refractivity contribution in [3.8, 4) is 0 Å². The fourth-order valence-electron chi connectivity index (χ4n) is 2.53. The molecule has 2 aromatic rings. The minimum Gasteiger partial charge on any atom is -0.444 e. The number of carbonyl (C=O) groups is 2. The Bertz CT molecular complexity index is 1100. The highest BCUT2D eigenvalue weighted by atomic mass is 79.9. The fraction of sp³-hybridized carbons (Fsp3) is 0.417. The van der Waals surface area contributed by atoms with E-state index in [0.29, 0.717) is 0 Å². The third kappa shape index (κ3) is 10.1. The molecule has 2 aromatic carbocycles. The molecule has 0 aliphatic rings. The van der Waals surface area contributed by atoms with Gasteiger partial charge >= 0.3 is 12.2 Å². The Balaban J connectivity index is 0.000000380. The van der Waals surface area contributed by atoms with E-state index < -0.39 is 63.3 Å². The van der Waals surface area contributed by atoms with Gasteiger partial charge in [0.1, 0.15) is 32.9 Å². The molecule has 38 heavy (non-hydrogen) atoms. The summed E-state index contributed by atoms with van der Waals surface area (Å²) >= 11 is 14.0. The molecule has 0 heterocycles. The molecule has 0 atom stereocenters. The van der Waals surface area contributed by atoms with Gasteiger partial charge in [-0.2, -0.15) is 0 Å². The summed E-state index contributed by atoms with van der Waals surface area (Å²) in [6, 6.07) is 2.12. The molecular formula is C24H27BrCl2F4N2O5. The Kier molecular flexibility index (Phi) is 12.1. The first-order chi connectivity index (χ1) is 17.3. The summed E-state index contributed by atoms with van der Waals surface area (Å²) in [6.07, 6.45) is -1.74. The first-order valence-corrected chi connectivity index (χ1v) is 12.7. The van der Waals surface area contributed by atoms with E-state index in [-0.39, 0.29) is 27.8 Å². The largest absolute Gasteiger partial charge is 0.444 e. The van der Waals surface area contributed by atoms with Crippen LogP contribution in [0.1, 0.15) is 52.7 Å². The molecule has 0 saturated carbocycles. The van der Waals surface area contributed by atoms with Crippen LogP contribution >= 0.6 is 39.1 Å². The van der Waals surface area contributed by atoms with E-state index in [1.807, 2.05) is 0 Å². The zero-order valence-corrected chi connectivity index (χ0v) is 24.4. The maximum Gasteiger partial charge on any atom is 0.412 e. The number of aliphatic hydroxyl groups is 1. The van der Waals surface area contributed by atoms with Crippen molar-refractivity contribution in [2.75, 3.05) is 10.6 Å². The van der Waals surface area contributed by atoms with Gasteiger partial charge in [-0.15, -0.1) is 0 Å². The molecule has 3 N–H and O–H groups in total. The maximum atomic E-state index is 13.7. The van der Waals surface area contributed by atoms with Gasteiger partial charge in [0.15, 0.2) is 11.6 Å². The molecule has 7 nitrogen and oxygen atoms in total. The van der Waals surface area contributed by atoms with Crippen molar-refractivity contribution < 1.29 is 41.7 Å². The van der Waals surface area contributed by atoms with E-state index in [2.05, 4.69) is 26.6 Å². The minimum atomic E-state index is -1.12. The van der Waals surface area contributed by atoms with Gasteiger partial charge in [-0.3, -0.25) is 10.6 Å². The monoisotopic (exact) mass is 648 g/mol. The summed E-state index contributed by atoms with van der Waals surface area (Å²) in [7, 11) is 0. The van der Waals surface area contributed by atoms with Crippen LogP contribution in [0.4, 0.5) is 38.5 Å². The first-order valence-electron chi connectivity index (χ1n) is 10.8. The summed E-state index contributed by atoms with van der Waals surface area (Å²) in [5, 5.41) is 11.9. The van der Waals surface area contributed by atoms with E-state index in [4.69, 9.17) is 37.8 Å². The fourth-order valence-corrected chi connectivity index (χ4v) is 3.39. The average Bonchev–Trinajstić information content (AvgIpc) is 2.77. The SMILES string of the molecule is CC(C)(C)OC(=O)Nc1cc(CBr)c(F)c(Cl)c1F.CC(C)(C)OC(=O)Nc1cc(CO)c(F)c(Cl)c1F. The number of ether oxygens (including phenoxy) is 2. The van der Waals surface area contributed by atoms with Gasteiger partial charge in [0.2, 0.25) is 0 Å². The number of hydrogen-bond donors (Lipinski definition) is 3. The summed E-state index contributed by atoms with van der Waals surface area (Å²) in [4.78, 5) is 23.0. The van der Waals surface area contributed by atoms with Crippen LogP contribution in [-0.2, 0) is 21.4 Å². The lowest BCUT2D eigenvalue weighted by molar-refractivity contribution is 0.0624. The lowest BCUT2D eigenvalue weighted by Crippen LogP contribution is -2.27. The molecule has 0 aromatic heterocycles. The van der Waals surface area contributed by atoms with E-state index in [1.54, 1.807) is 41.5 Å². The van der Waals surface area contributed by atoms with Crippen molar-refractivity contribution in [3.05, 3.63) is 56.6 Å². The predicted molar refractivity (Wildman–Crippen MR) is 141 cm³/mol. The highest BCUT2D eigenvalue weighted by molar-refractivity contribution is 9.08. The van der Waals surface area contributed by atoms with Gasteiger partial charge in [0, 0.05) is 16.5 Å². The van der Waals surface area contributed by atoms with E-state index in [1.165, 1.54) is 0 Å². The number of anilines is 2. The van der Waals surface area contributed by atoms with Crippen LogP contribution in [0.25, 0.3) is 0 Å². The lowest BCUT2D eigenvalue weighted by atomic mass is 10.2. The molecule has 0 unspecified atom stereocenters. The molecule has 2 amide bonds. The highest BCUT2D eigenvalue weighted by Gasteiger charge is 2.22. The Labute approximate surface area is 235 Å². The molecule has 2 rings (SSSR count). The number of hydrogen-bond acceptors (Lipinski definition) is 5. The third-order valence-electron chi connectivity index (χ3n) is 4.03. The lowest BCUT2D eigenvalue weighted by Gasteiger charge is -2.20. The standard InChI is InChI=1S/C12H13BrClF2NO2.C12H14ClF2NO3/c1-12(2,3)19-11(18)17-7-4-6(5-13)9(15)8(14)10(7)16;1-12(2,3)19-11(18)16-7-4-6(5-17)9(14)8(13)10(7)15/h4H,5H2,1-3H3,(H,17,18);4,17H,5H2,1-3H3,(H,16,18). The summed E-state index contributed by atoms with van der Waals surface area (Å²) in [6.45, 7) is 9.26. The quantitative estimate of drug-likeness (QED) is 0.176. The average molecular weight is 650 g/mol. The highest BCUT2D eigenvalue weighted by Crippen LogP contribution is 2.31. The van der Waals surface area contributed by atoms with Crippen LogP contribution in [-0.4, -0.2) is 28.5 Å². The van der Waals surface area contributed by atoms with Gasteiger partial charge in [-0.25, -0.2) is 27.2 Å². The first kappa shape index (κ1) is 33.7. The van der Waals surface area contributed by atoms with Gasteiger partial charge in [0.05, 0.1) is 18.0 Å². The summed E-state index contributed by atoms with van der Waals surface area (Å²) in [5.41, 5.74) is -2.15. The second-order valence-electron chi connectivity index (χ2n) is 9.60. The van der Waals surface area contributed by atoms with Crippen LogP contribution < -0.4 is 10.6 Å². The number of alkyl halides is 1. The molecule has 14 heteroatoms. The number of benzene rings is 2. The summed E-state index contributed by atoms with van der Waals surface area (Å²) in [5.74, 6) is -4.07. The van der Waals surface area contributed by atoms with Gasteiger partial charge < -0.3 is 14.6 Å². The number of rotatable bonds is 4. The zero-order valence-electron chi connectivity index (χ0n) is 21.3. The molecule has 0 aliphatic heterocycles. The maximum absolute atomic E-state index is 13.7. The molecule has 0 bridgehead atoms. The Morgan fingerprint density at radius 1 is 0.789 bits per heavy atom. The van der Waals surface area contributed by atoms with Crippen LogP contribution in [0.2, 0.25) is 10.0 Å². The molecule has 0 aliphatic carbocycles. The second kappa shape index (κ2) is 13.7. The smallest absolute Gasteiger partial charge is 0.412 e. The topological polar surface area (TPSA) is 96.9 Å². The van der Waals surface area contributed by atoms with Crippen molar-refractivity contribution in [3.63, 3.8) is 0 Å². The molecule has 0 fully saturated rings. The van der Waals surface area contributed by atoms with Crippen LogP contribution in [0, 0.1) is 23.3 Å². The van der Waals surface area contributed by atoms with E-state index in [0.717, 1.165) is 12.1 Å². The Hall–Kier alpha value is -2.28. The molecule has 0 saturated heterocycles. The van der Waals surface area contributed by atoms with Crippen LogP contribution in [0.3, 0.4) is 0 Å². The minimum absolute atomic E-state index is 0.137. The Morgan fingerprint density at radius 2 is 1.13 bits per heavy atom. The molecule has 0 radical (unpaired) electrons. The zero-order chi connectivity index (χ0) is 29.6. The van der Waals surface area contributed by atoms with Gasteiger partial charge in [0.25, 0.3) is 0 Å². The van der Waals surface area contributed by atoms with Gasteiger partial charge in [-0.1, -0.05) is 39.1 Å². The third-order valence-corrected chi connectivity index (χ3v) is 5.30. The molecular weight excluding hydrogens is 623 g/mol. The van der Waals surface area contributed by atoms with Crippen molar-refractivity contribution in [2.45, 2.75) is 64.7 Å². The van der Waals surface area contributed by atoms with E-state index in [9.17, 15) is 27.2 Å². The van der Waals surface area contributed by atoms with Crippen molar-refractivity contribution in [2.24, 2.45) is 0 Å². The number of amides is 2. The van der Waals surface area contributed by atoms with Crippen molar-refractivity contribution in [1.29, 1.82) is 0 Å². The van der Waals surface area contributed by atoms with Crippen molar-refractivity contribution in [1.82, 2.24) is 0 Å².